The third kappa shape index (κ3) is 3.86. The SMILES string of the molecule is CCC1CN2CCC1CC2[C@H](OC(=O)c1c2ccccc2cc2ccccc12)c1ccnc2ccccc12. The van der Waals surface area contributed by atoms with Crippen molar-refractivity contribution in [2.24, 2.45) is 11.8 Å². The molecule has 0 radical (unpaired) electrons. The van der Waals surface area contributed by atoms with Crippen LogP contribution in [0.25, 0.3) is 32.4 Å². The summed E-state index contributed by atoms with van der Waals surface area (Å²) < 4.78 is 6.70. The minimum Gasteiger partial charge on any atom is -0.452 e. The van der Waals surface area contributed by atoms with Gasteiger partial charge in [-0.25, -0.2) is 4.79 Å². The smallest absolute Gasteiger partial charge is 0.340 e. The Bertz CT molecular complexity index is 1600. The summed E-state index contributed by atoms with van der Waals surface area (Å²) in [7, 11) is 0. The van der Waals surface area contributed by atoms with Gasteiger partial charge in [0, 0.05) is 23.7 Å². The highest BCUT2D eigenvalue weighted by Crippen LogP contribution is 2.44. The molecule has 4 unspecified atom stereocenters. The maximum Gasteiger partial charge on any atom is 0.340 e. The van der Waals surface area contributed by atoms with Crippen molar-refractivity contribution < 1.29 is 9.53 Å². The van der Waals surface area contributed by atoms with Gasteiger partial charge in [-0.3, -0.25) is 9.88 Å². The molecule has 3 aliphatic rings. The lowest BCUT2D eigenvalue weighted by Gasteiger charge is -2.51. The summed E-state index contributed by atoms with van der Waals surface area (Å²) in [5.41, 5.74) is 2.65. The fourth-order valence-corrected chi connectivity index (χ4v) is 7.08. The Hall–Kier alpha value is -3.76. The van der Waals surface area contributed by atoms with Crippen LogP contribution in [0.2, 0.25) is 0 Å². The predicted molar refractivity (Wildman–Crippen MR) is 153 cm³/mol. The first-order valence-electron chi connectivity index (χ1n) is 13.9. The van der Waals surface area contributed by atoms with E-state index in [1.807, 2.05) is 60.8 Å². The van der Waals surface area contributed by atoms with Gasteiger partial charge in [-0.1, -0.05) is 80.1 Å². The van der Waals surface area contributed by atoms with Crippen molar-refractivity contribution in [3.63, 3.8) is 0 Å². The van der Waals surface area contributed by atoms with E-state index in [2.05, 4.69) is 47.1 Å². The van der Waals surface area contributed by atoms with Gasteiger partial charge in [0.05, 0.1) is 17.1 Å². The number of hydrogen-bond acceptors (Lipinski definition) is 4. The molecule has 5 aromatic rings. The average molecular weight is 501 g/mol. The average Bonchev–Trinajstić information content (AvgIpc) is 2.98. The fourth-order valence-electron chi connectivity index (χ4n) is 7.08. The highest BCUT2D eigenvalue weighted by molar-refractivity contribution is 6.16. The zero-order chi connectivity index (χ0) is 25.6. The summed E-state index contributed by atoms with van der Waals surface area (Å²) in [5, 5.41) is 5.04. The molecule has 38 heavy (non-hydrogen) atoms. The van der Waals surface area contributed by atoms with E-state index in [0.717, 1.165) is 63.4 Å². The third-order valence-corrected chi connectivity index (χ3v) is 9.01. The van der Waals surface area contributed by atoms with Gasteiger partial charge in [0.1, 0.15) is 6.10 Å². The first-order valence-corrected chi connectivity index (χ1v) is 13.9. The normalized spacial score (nSPS) is 23.6. The van der Waals surface area contributed by atoms with Gasteiger partial charge in [-0.15, -0.1) is 0 Å². The standard InChI is InChI=1S/C34H32N2O2/c1-2-22-21-36-18-16-23(22)20-31(36)33(29-15-17-35-30-14-8-7-13-28(29)30)38-34(37)32-26-11-5-3-9-24(26)19-25-10-4-6-12-27(25)32/h3-15,17,19,22-23,31,33H,2,16,18,20-21H2,1H3/t22?,23?,31?,33-/m1/s1. The molecule has 4 heteroatoms. The number of nitrogens with zero attached hydrogens (tertiary/aromatic N) is 2. The molecular formula is C34H32N2O2. The van der Waals surface area contributed by atoms with Crippen LogP contribution in [-0.2, 0) is 4.74 Å². The minimum atomic E-state index is -0.367. The maximum atomic E-state index is 14.3. The summed E-state index contributed by atoms with van der Waals surface area (Å²) in [5.74, 6) is 1.16. The van der Waals surface area contributed by atoms with Crippen molar-refractivity contribution in [1.82, 2.24) is 9.88 Å². The van der Waals surface area contributed by atoms with E-state index in [-0.39, 0.29) is 18.1 Å². The number of pyridine rings is 1. The van der Waals surface area contributed by atoms with Crippen molar-refractivity contribution in [2.75, 3.05) is 13.1 Å². The van der Waals surface area contributed by atoms with Crippen molar-refractivity contribution in [3.8, 4) is 0 Å². The van der Waals surface area contributed by atoms with E-state index in [9.17, 15) is 4.79 Å². The lowest BCUT2D eigenvalue weighted by molar-refractivity contribution is -0.0658. The Morgan fingerprint density at radius 1 is 0.947 bits per heavy atom. The number of esters is 1. The quantitative estimate of drug-likeness (QED) is 0.184. The van der Waals surface area contributed by atoms with Gasteiger partial charge in [-0.2, -0.15) is 0 Å². The molecule has 4 heterocycles. The molecule has 8 rings (SSSR count). The molecular weight excluding hydrogens is 468 g/mol. The monoisotopic (exact) mass is 500 g/mol. The number of para-hydroxylation sites is 1. The van der Waals surface area contributed by atoms with E-state index in [1.54, 1.807) is 0 Å². The topological polar surface area (TPSA) is 42.4 Å². The molecule has 190 valence electrons. The molecule has 4 nitrogen and oxygen atoms in total. The molecule has 0 amide bonds. The zero-order valence-electron chi connectivity index (χ0n) is 21.7. The van der Waals surface area contributed by atoms with Gasteiger partial charge < -0.3 is 4.74 Å². The summed E-state index contributed by atoms with van der Waals surface area (Å²) in [6, 6.07) is 28.8. The van der Waals surface area contributed by atoms with Gasteiger partial charge in [0.25, 0.3) is 0 Å². The number of fused-ring (bicyclic) bond motifs is 6. The summed E-state index contributed by atoms with van der Waals surface area (Å²) in [6.45, 7) is 4.46. The Morgan fingerprint density at radius 2 is 1.63 bits per heavy atom. The highest BCUT2D eigenvalue weighted by atomic mass is 16.5. The number of rotatable bonds is 5. The summed E-state index contributed by atoms with van der Waals surface area (Å²) in [4.78, 5) is 21.5. The Balaban J connectivity index is 1.36. The van der Waals surface area contributed by atoms with Crippen molar-refractivity contribution in [1.29, 1.82) is 0 Å². The minimum absolute atomic E-state index is 0.160. The molecule has 2 bridgehead atoms. The Labute approximate surface area is 223 Å². The third-order valence-electron chi connectivity index (χ3n) is 9.01. The van der Waals surface area contributed by atoms with E-state index in [1.165, 1.54) is 12.8 Å². The largest absolute Gasteiger partial charge is 0.452 e. The molecule has 4 aromatic carbocycles. The van der Waals surface area contributed by atoms with Crippen LogP contribution < -0.4 is 0 Å². The van der Waals surface area contributed by atoms with Crippen LogP contribution >= 0.6 is 0 Å². The van der Waals surface area contributed by atoms with E-state index in [0.29, 0.717) is 11.5 Å². The van der Waals surface area contributed by atoms with Crippen molar-refractivity contribution >= 4 is 38.4 Å². The predicted octanol–water partition coefficient (Wildman–Crippen LogP) is 7.56. The molecule has 0 aliphatic carbocycles. The van der Waals surface area contributed by atoms with Crippen LogP contribution in [0, 0.1) is 11.8 Å². The van der Waals surface area contributed by atoms with Gasteiger partial charge >= 0.3 is 5.97 Å². The molecule has 3 aliphatic heterocycles. The second-order valence-corrected chi connectivity index (χ2v) is 11.0. The molecule has 3 saturated heterocycles. The number of hydrogen-bond donors (Lipinski definition) is 0. The van der Waals surface area contributed by atoms with Crippen LogP contribution in [0.5, 0.6) is 0 Å². The zero-order valence-corrected chi connectivity index (χ0v) is 21.7. The molecule has 0 saturated carbocycles. The van der Waals surface area contributed by atoms with Crippen molar-refractivity contribution in [2.45, 2.75) is 38.3 Å². The van der Waals surface area contributed by atoms with E-state index in [4.69, 9.17) is 4.74 Å². The van der Waals surface area contributed by atoms with Gasteiger partial charge in [0.15, 0.2) is 0 Å². The first-order chi connectivity index (χ1) is 18.7. The summed E-state index contributed by atoms with van der Waals surface area (Å²) >= 11 is 0. The van der Waals surface area contributed by atoms with Crippen LogP contribution in [0.15, 0.2) is 91.1 Å². The maximum absolute atomic E-state index is 14.3. The van der Waals surface area contributed by atoms with Crippen LogP contribution in [0.1, 0.15) is 48.2 Å². The number of aromatic nitrogens is 1. The number of benzene rings is 4. The van der Waals surface area contributed by atoms with Gasteiger partial charge in [0.2, 0.25) is 0 Å². The van der Waals surface area contributed by atoms with Gasteiger partial charge in [-0.05, 0) is 71.0 Å². The summed E-state index contributed by atoms with van der Waals surface area (Å²) in [6.07, 6.45) is 4.99. The van der Waals surface area contributed by atoms with Crippen LogP contribution in [0.3, 0.4) is 0 Å². The highest BCUT2D eigenvalue weighted by Gasteiger charge is 2.44. The second-order valence-electron chi connectivity index (χ2n) is 11.0. The Kier molecular flexibility index (Phi) is 5.85. The first kappa shape index (κ1) is 23.4. The molecule has 1 aromatic heterocycles. The molecule has 3 fully saturated rings. The lowest BCUT2D eigenvalue weighted by atomic mass is 9.72. The van der Waals surface area contributed by atoms with Crippen LogP contribution in [-0.4, -0.2) is 35.0 Å². The molecule has 0 N–H and O–H groups in total. The number of carbonyl (C=O) groups is 1. The molecule has 0 spiro atoms. The number of ether oxygens (including phenoxy) is 1. The van der Waals surface area contributed by atoms with E-state index < -0.39 is 0 Å². The number of carbonyl (C=O) groups excluding carboxylic acids is 1. The number of piperidine rings is 3. The molecule has 5 atom stereocenters. The van der Waals surface area contributed by atoms with Crippen LogP contribution in [0.4, 0.5) is 0 Å². The Morgan fingerprint density at radius 3 is 2.32 bits per heavy atom. The fraction of sp³-hybridized carbons (Fsp3) is 0.294. The second kappa shape index (κ2) is 9.52. The van der Waals surface area contributed by atoms with E-state index >= 15 is 0 Å². The lowest BCUT2D eigenvalue weighted by Crippen LogP contribution is -2.55. The van der Waals surface area contributed by atoms with Crippen molar-refractivity contribution in [3.05, 3.63) is 102 Å².